The van der Waals surface area contributed by atoms with Gasteiger partial charge in [-0.15, -0.1) is 0 Å². The summed E-state index contributed by atoms with van der Waals surface area (Å²) in [5, 5.41) is 3.40. The lowest BCUT2D eigenvalue weighted by Crippen LogP contribution is -2.28. The number of hydrogen-bond donors (Lipinski definition) is 1. The van der Waals surface area contributed by atoms with Gasteiger partial charge in [-0.05, 0) is 31.4 Å². The van der Waals surface area contributed by atoms with Crippen molar-refractivity contribution < 1.29 is 9.53 Å². The van der Waals surface area contributed by atoms with E-state index in [0.717, 1.165) is 38.0 Å². The quantitative estimate of drug-likeness (QED) is 0.572. The van der Waals surface area contributed by atoms with Crippen molar-refractivity contribution in [3.8, 4) is 0 Å². The highest BCUT2D eigenvalue weighted by Gasteiger charge is 2.22. The summed E-state index contributed by atoms with van der Waals surface area (Å²) in [6.45, 7) is 5.31. The van der Waals surface area contributed by atoms with Crippen molar-refractivity contribution in [2.24, 2.45) is 0 Å². The van der Waals surface area contributed by atoms with Crippen LogP contribution in [-0.2, 0) is 16.0 Å². The van der Waals surface area contributed by atoms with E-state index >= 15 is 0 Å². The summed E-state index contributed by atoms with van der Waals surface area (Å²) in [5.41, 5.74) is 2.15. The van der Waals surface area contributed by atoms with Crippen LogP contribution in [0.15, 0.2) is 48.8 Å². The van der Waals surface area contributed by atoms with Crippen LogP contribution in [0.3, 0.4) is 0 Å². The van der Waals surface area contributed by atoms with Crippen molar-refractivity contribution in [2.45, 2.75) is 25.8 Å². The molecule has 3 rings (SSSR count). The second-order valence-electron chi connectivity index (χ2n) is 6.59. The summed E-state index contributed by atoms with van der Waals surface area (Å²) in [5.74, 6) is 0.263. The zero-order valence-corrected chi connectivity index (χ0v) is 15.7. The lowest BCUT2D eigenvalue weighted by Gasteiger charge is -2.16. The maximum Gasteiger partial charge on any atom is 0.330 e. The molecule has 0 unspecified atom stereocenters. The first kappa shape index (κ1) is 19.0. The number of hydrogen-bond acceptors (Lipinski definition) is 6. The molecule has 0 saturated carbocycles. The second kappa shape index (κ2) is 9.83. The lowest BCUT2D eigenvalue weighted by molar-refractivity contribution is -0.137. The first-order valence-electron chi connectivity index (χ1n) is 9.42. The summed E-state index contributed by atoms with van der Waals surface area (Å²) in [4.78, 5) is 22.5. The molecule has 6 heteroatoms. The molecule has 2 aromatic rings. The molecule has 0 bridgehead atoms. The minimum atomic E-state index is -0.360. The van der Waals surface area contributed by atoms with Crippen LogP contribution in [0.1, 0.15) is 24.5 Å². The van der Waals surface area contributed by atoms with Crippen LogP contribution < -0.4 is 5.32 Å². The van der Waals surface area contributed by atoms with E-state index in [0.29, 0.717) is 18.6 Å². The molecule has 0 spiro atoms. The Hall–Kier alpha value is -2.73. The topological polar surface area (TPSA) is 67.3 Å². The lowest BCUT2D eigenvalue weighted by atomic mass is 10.1. The summed E-state index contributed by atoms with van der Waals surface area (Å²) in [7, 11) is 0. The monoisotopic (exact) mass is 366 g/mol. The molecule has 1 fully saturated rings. The Kier molecular flexibility index (Phi) is 6.93. The molecule has 1 saturated heterocycles. The van der Waals surface area contributed by atoms with E-state index in [1.165, 1.54) is 11.6 Å². The molecule has 0 amide bonds. The van der Waals surface area contributed by atoms with Crippen molar-refractivity contribution in [1.82, 2.24) is 14.9 Å². The Balaban J connectivity index is 1.43. The Bertz CT molecular complexity index is 747. The number of benzene rings is 1. The third kappa shape index (κ3) is 6.18. The number of carbonyl (C=O) groups excluding carboxylic acids is 1. The zero-order valence-electron chi connectivity index (χ0n) is 15.7. The Labute approximate surface area is 160 Å². The van der Waals surface area contributed by atoms with Crippen molar-refractivity contribution in [1.29, 1.82) is 0 Å². The summed E-state index contributed by atoms with van der Waals surface area (Å²) in [6.07, 6.45) is 8.61. The van der Waals surface area contributed by atoms with Gasteiger partial charge in [-0.2, -0.15) is 0 Å². The van der Waals surface area contributed by atoms with Crippen molar-refractivity contribution in [3.05, 3.63) is 59.9 Å². The highest BCUT2D eigenvalue weighted by molar-refractivity contribution is 5.86. The Morgan fingerprint density at radius 3 is 2.81 bits per heavy atom. The molecule has 6 nitrogen and oxygen atoms in total. The van der Waals surface area contributed by atoms with Gasteiger partial charge in [0.1, 0.15) is 0 Å². The number of likely N-dealkylation sites (tertiary alicyclic amines) is 1. The van der Waals surface area contributed by atoms with Gasteiger partial charge in [-0.1, -0.05) is 30.3 Å². The SMILES string of the molecule is CCOC(=O)/C=C/c1cnc(N[C@@H]2CCN(CCc3ccccc3)C2)nc1. The predicted octanol–water partition coefficient (Wildman–Crippen LogP) is 2.78. The molecule has 0 radical (unpaired) electrons. The van der Waals surface area contributed by atoms with Crippen LogP contribution in [0.4, 0.5) is 5.95 Å². The largest absolute Gasteiger partial charge is 0.463 e. The second-order valence-corrected chi connectivity index (χ2v) is 6.59. The average Bonchev–Trinajstić information content (AvgIpc) is 3.14. The van der Waals surface area contributed by atoms with Gasteiger partial charge in [0.05, 0.1) is 6.61 Å². The van der Waals surface area contributed by atoms with E-state index in [4.69, 9.17) is 4.74 Å². The van der Waals surface area contributed by atoms with Crippen LogP contribution in [-0.4, -0.2) is 53.1 Å². The van der Waals surface area contributed by atoms with Gasteiger partial charge in [-0.3, -0.25) is 0 Å². The number of carbonyl (C=O) groups is 1. The maximum absolute atomic E-state index is 11.3. The molecule has 1 aromatic carbocycles. The van der Waals surface area contributed by atoms with E-state index in [9.17, 15) is 4.79 Å². The summed E-state index contributed by atoms with van der Waals surface area (Å²) in [6, 6.07) is 11.0. The Morgan fingerprint density at radius 1 is 1.30 bits per heavy atom. The van der Waals surface area contributed by atoms with Crippen molar-refractivity contribution in [3.63, 3.8) is 0 Å². The molecule has 1 atom stereocenters. The third-order valence-electron chi connectivity index (χ3n) is 4.54. The van der Waals surface area contributed by atoms with E-state index in [2.05, 4.69) is 50.5 Å². The van der Waals surface area contributed by atoms with Crippen LogP contribution in [0.5, 0.6) is 0 Å². The van der Waals surface area contributed by atoms with Gasteiger partial charge in [-0.25, -0.2) is 14.8 Å². The zero-order chi connectivity index (χ0) is 18.9. The summed E-state index contributed by atoms with van der Waals surface area (Å²) < 4.78 is 4.85. The molecule has 27 heavy (non-hydrogen) atoms. The van der Waals surface area contributed by atoms with E-state index in [1.54, 1.807) is 25.4 Å². The molecule has 1 aliphatic heterocycles. The molecular weight excluding hydrogens is 340 g/mol. The maximum atomic E-state index is 11.3. The van der Waals surface area contributed by atoms with Gasteiger partial charge < -0.3 is 15.0 Å². The number of rotatable bonds is 8. The molecular formula is C21H26N4O2. The van der Waals surface area contributed by atoms with E-state index in [-0.39, 0.29) is 5.97 Å². The fraction of sp³-hybridized carbons (Fsp3) is 0.381. The van der Waals surface area contributed by atoms with Crippen molar-refractivity contribution in [2.75, 3.05) is 31.6 Å². The van der Waals surface area contributed by atoms with Crippen molar-refractivity contribution >= 4 is 18.0 Å². The fourth-order valence-corrected chi connectivity index (χ4v) is 3.12. The minimum absolute atomic E-state index is 0.360. The van der Waals surface area contributed by atoms with Gasteiger partial charge in [0, 0.05) is 49.7 Å². The molecule has 1 aliphatic rings. The first-order valence-corrected chi connectivity index (χ1v) is 9.42. The number of nitrogens with one attached hydrogen (secondary N) is 1. The normalized spacial score (nSPS) is 17.3. The molecule has 0 aliphatic carbocycles. The van der Waals surface area contributed by atoms with Gasteiger partial charge >= 0.3 is 5.97 Å². The van der Waals surface area contributed by atoms with Gasteiger partial charge in [0.25, 0.3) is 0 Å². The van der Waals surface area contributed by atoms with Gasteiger partial charge in [0.2, 0.25) is 5.95 Å². The number of aromatic nitrogens is 2. The highest BCUT2D eigenvalue weighted by Crippen LogP contribution is 2.14. The van der Waals surface area contributed by atoms with Gasteiger partial charge in [0.15, 0.2) is 0 Å². The van der Waals surface area contributed by atoms with Crippen LogP contribution >= 0.6 is 0 Å². The minimum Gasteiger partial charge on any atom is -0.463 e. The van der Waals surface area contributed by atoms with Crippen LogP contribution in [0, 0.1) is 0 Å². The number of ether oxygens (including phenoxy) is 1. The Morgan fingerprint density at radius 2 is 2.07 bits per heavy atom. The number of esters is 1. The smallest absolute Gasteiger partial charge is 0.330 e. The van der Waals surface area contributed by atoms with Crippen LogP contribution in [0.2, 0.25) is 0 Å². The third-order valence-corrected chi connectivity index (χ3v) is 4.54. The number of anilines is 1. The molecule has 1 aromatic heterocycles. The summed E-state index contributed by atoms with van der Waals surface area (Å²) >= 11 is 0. The molecule has 1 N–H and O–H groups in total. The first-order chi connectivity index (χ1) is 13.2. The average molecular weight is 366 g/mol. The molecule has 142 valence electrons. The number of nitrogens with zero attached hydrogens (tertiary/aromatic N) is 3. The van der Waals surface area contributed by atoms with Crippen LogP contribution in [0.25, 0.3) is 6.08 Å². The highest BCUT2D eigenvalue weighted by atomic mass is 16.5. The standard InChI is InChI=1S/C21H26N4O2/c1-2-27-20(26)9-8-18-14-22-21(23-15-18)24-19-11-13-25(16-19)12-10-17-6-4-3-5-7-17/h3-9,14-15,19H,2,10-13,16H2,1H3,(H,22,23,24)/b9-8+/t19-/m1/s1. The fourth-order valence-electron chi connectivity index (χ4n) is 3.12. The predicted molar refractivity (Wildman–Crippen MR) is 106 cm³/mol. The molecule has 2 heterocycles. The van der Waals surface area contributed by atoms with E-state index in [1.807, 2.05) is 0 Å². The van der Waals surface area contributed by atoms with E-state index < -0.39 is 0 Å².